The van der Waals surface area contributed by atoms with Crippen molar-refractivity contribution in [3.63, 3.8) is 0 Å². The molecule has 1 aromatic rings. The summed E-state index contributed by atoms with van der Waals surface area (Å²) in [5.41, 5.74) is 0.810. The van der Waals surface area contributed by atoms with Crippen LogP contribution in [0.4, 0.5) is 18.9 Å². The topological polar surface area (TPSA) is 21.3 Å². The molecule has 0 aliphatic carbocycles. The van der Waals surface area contributed by atoms with Crippen LogP contribution in [0.5, 0.6) is 5.75 Å². The van der Waals surface area contributed by atoms with Crippen molar-refractivity contribution >= 4 is 5.69 Å². The molecule has 0 heterocycles. The van der Waals surface area contributed by atoms with Crippen LogP contribution in [0, 0.1) is 0 Å². The first-order valence-corrected chi connectivity index (χ1v) is 6.07. The molecule has 2 nitrogen and oxygen atoms in total. The maximum atomic E-state index is 12.0. The molecular formula is C13H18F3NO. The van der Waals surface area contributed by atoms with Crippen molar-refractivity contribution in [2.75, 3.05) is 5.32 Å². The summed E-state index contributed by atoms with van der Waals surface area (Å²) in [7, 11) is 0. The van der Waals surface area contributed by atoms with E-state index in [1.54, 1.807) is 12.1 Å². The number of ether oxygens (including phenoxy) is 1. The van der Waals surface area contributed by atoms with Crippen molar-refractivity contribution in [1.82, 2.24) is 0 Å². The first-order valence-electron chi connectivity index (χ1n) is 6.07. The monoisotopic (exact) mass is 261 g/mol. The highest BCUT2D eigenvalue weighted by Crippen LogP contribution is 2.24. The molecule has 0 spiro atoms. The van der Waals surface area contributed by atoms with Gasteiger partial charge in [-0.1, -0.05) is 20.3 Å². The summed E-state index contributed by atoms with van der Waals surface area (Å²) in [6.45, 7) is 4.18. The van der Waals surface area contributed by atoms with Crippen molar-refractivity contribution < 1.29 is 17.9 Å². The van der Waals surface area contributed by atoms with Crippen molar-refractivity contribution in [3.8, 4) is 5.75 Å². The lowest BCUT2D eigenvalue weighted by Crippen LogP contribution is -2.18. The fourth-order valence-corrected chi connectivity index (χ4v) is 1.72. The molecule has 1 rings (SSSR count). The van der Waals surface area contributed by atoms with Crippen molar-refractivity contribution in [2.24, 2.45) is 0 Å². The molecule has 0 bridgehead atoms. The molecule has 0 aromatic heterocycles. The van der Waals surface area contributed by atoms with Crippen LogP contribution in [-0.4, -0.2) is 12.4 Å². The van der Waals surface area contributed by atoms with Gasteiger partial charge in [-0.3, -0.25) is 0 Å². The molecule has 0 amide bonds. The third-order valence-corrected chi connectivity index (χ3v) is 2.59. The highest BCUT2D eigenvalue weighted by atomic mass is 19.4. The number of hydrogen-bond acceptors (Lipinski definition) is 2. The van der Waals surface area contributed by atoms with Gasteiger partial charge in [0.15, 0.2) is 0 Å². The highest BCUT2D eigenvalue weighted by Gasteiger charge is 2.30. The van der Waals surface area contributed by atoms with Gasteiger partial charge in [0, 0.05) is 11.7 Å². The Hall–Kier alpha value is -1.39. The SMILES string of the molecule is CCCC(CC)Nc1ccc(OC(F)(F)F)cc1. The third kappa shape index (κ3) is 5.29. The lowest BCUT2D eigenvalue weighted by molar-refractivity contribution is -0.274. The third-order valence-electron chi connectivity index (χ3n) is 2.59. The Kier molecular flexibility index (Phi) is 5.31. The molecule has 0 radical (unpaired) electrons. The van der Waals surface area contributed by atoms with Gasteiger partial charge in [-0.2, -0.15) is 0 Å². The molecular weight excluding hydrogens is 243 g/mol. The van der Waals surface area contributed by atoms with Gasteiger partial charge in [-0.25, -0.2) is 0 Å². The summed E-state index contributed by atoms with van der Waals surface area (Å²) in [5, 5.41) is 3.28. The van der Waals surface area contributed by atoms with Crippen LogP contribution in [0.3, 0.4) is 0 Å². The maximum Gasteiger partial charge on any atom is 0.573 e. The second-order valence-corrected chi connectivity index (χ2v) is 4.11. The highest BCUT2D eigenvalue weighted by molar-refractivity contribution is 5.47. The predicted molar refractivity (Wildman–Crippen MR) is 65.7 cm³/mol. The van der Waals surface area contributed by atoms with Crippen molar-refractivity contribution in [1.29, 1.82) is 0 Å². The van der Waals surface area contributed by atoms with Crippen LogP contribution >= 0.6 is 0 Å². The lowest BCUT2D eigenvalue weighted by atomic mass is 10.1. The number of anilines is 1. The van der Waals surface area contributed by atoms with Crippen molar-refractivity contribution in [3.05, 3.63) is 24.3 Å². The van der Waals surface area contributed by atoms with E-state index in [0.29, 0.717) is 6.04 Å². The molecule has 0 fully saturated rings. The Bertz CT molecular complexity index is 348. The Morgan fingerprint density at radius 3 is 2.22 bits per heavy atom. The largest absolute Gasteiger partial charge is 0.573 e. The van der Waals surface area contributed by atoms with Crippen LogP contribution in [-0.2, 0) is 0 Å². The number of rotatable bonds is 6. The van der Waals surface area contributed by atoms with E-state index in [9.17, 15) is 13.2 Å². The first kappa shape index (κ1) is 14.7. The number of nitrogens with one attached hydrogen (secondary N) is 1. The van der Waals surface area contributed by atoms with E-state index in [0.717, 1.165) is 24.9 Å². The zero-order chi connectivity index (χ0) is 13.6. The van der Waals surface area contributed by atoms with E-state index in [2.05, 4.69) is 23.9 Å². The molecule has 1 N–H and O–H groups in total. The first-order chi connectivity index (χ1) is 8.44. The van der Waals surface area contributed by atoms with Crippen LogP contribution < -0.4 is 10.1 Å². The van der Waals surface area contributed by atoms with Crippen LogP contribution in [0.2, 0.25) is 0 Å². The molecule has 1 aromatic carbocycles. The number of halogens is 3. The smallest absolute Gasteiger partial charge is 0.406 e. The van der Waals surface area contributed by atoms with Crippen LogP contribution in [0.15, 0.2) is 24.3 Å². The molecule has 0 aliphatic heterocycles. The molecule has 0 aliphatic rings. The van der Waals surface area contributed by atoms with Gasteiger partial charge in [-0.05, 0) is 37.1 Å². The standard InChI is InChI=1S/C13H18F3NO/c1-3-5-10(4-2)17-11-6-8-12(9-7-11)18-13(14,15)16/h6-10,17H,3-5H2,1-2H3. The van der Waals surface area contributed by atoms with E-state index >= 15 is 0 Å². The molecule has 1 atom stereocenters. The van der Waals surface area contributed by atoms with Crippen molar-refractivity contribution in [2.45, 2.75) is 45.5 Å². The average molecular weight is 261 g/mol. The van der Waals surface area contributed by atoms with Gasteiger partial charge in [0.2, 0.25) is 0 Å². The second kappa shape index (κ2) is 6.52. The zero-order valence-electron chi connectivity index (χ0n) is 10.6. The van der Waals surface area contributed by atoms with Gasteiger partial charge in [-0.15, -0.1) is 13.2 Å². The maximum absolute atomic E-state index is 12.0. The Labute approximate surface area is 105 Å². The molecule has 0 saturated heterocycles. The Morgan fingerprint density at radius 1 is 1.17 bits per heavy atom. The summed E-state index contributed by atoms with van der Waals surface area (Å²) in [5.74, 6) is -0.198. The molecule has 5 heteroatoms. The number of alkyl halides is 3. The summed E-state index contributed by atoms with van der Waals surface area (Å²) in [4.78, 5) is 0. The number of hydrogen-bond donors (Lipinski definition) is 1. The molecule has 1 unspecified atom stereocenters. The zero-order valence-corrected chi connectivity index (χ0v) is 10.6. The number of benzene rings is 1. The van der Waals surface area contributed by atoms with E-state index in [-0.39, 0.29) is 5.75 Å². The van der Waals surface area contributed by atoms with Gasteiger partial charge in [0.05, 0.1) is 0 Å². The minimum Gasteiger partial charge on any atom is -0.406 e. The van der Waals surface area contributed by atoms with Gasteiger partial charge >= 0.3 is 6.36 Å². The fourth-order valence-electron chi connectivity index (χ4n) is 1.72. The lowest BCUT2D eigenvalue weighted by Gasteiger charge is -2.17. The Balaban J connectivity index is 2.59. The van der Waals surface area contributed by atoms with E-state index in [4.69, 9.17) is 0 Å². The van der Waals surface area contributed by atoms with Gasteiger partial charge < -0.3 is 10.1 Å². The van der Waals surface area contributed by atoms with E-state index in [1.165, 1.54) is 12.1 Å². The van der Waals surface area contributed by atoms with E-state index < -0.39 is 6.36 Å². The normalized spacial score (nSPS) is 13.2. The summed E-state index contributed by atoms with van der Waals surface area (Å²) >= 11 is 0. The average Bonchev–Trinajstić information content (AvgIpc) is 2.29. The fraction of sp³-hybridized carbons (Fsp3) is 0.538. The molecule has 0 saturated carbocycles. The quantitative estimate of drug-likeness (QED) is 0.809. The summed E-state index contributed by atoms with van der Waals surface area (Å²) < 4.78 is 39.7. The van der Waals surface area contributed by atoms with Crippen LogP contribution in [0.25, 0.3) is 0 Å². The predicted octanol–water partition coefficient (Wildman–Crippen LogP) is 4.58. The van der Waals surface area contributed by atoms with Crippen LogP contribution in [0.1, 0.15) is 33.1 Å². The minimum atomic E-state index is -4.64. The minimum absolute atomic E-state index is 0.198. The van der Waals surface area contributed by atoms with Gasteiger partial charge in [0.1, 0.15) is 5.75 Å². The summed E-state index contributed by atoms with van der Waals surface area (Å²) in [6, 6.07) is 6.17. The molecule has 102 valence electrons. The summed E-state index contributed by atoms with van der Waals surface area (Å²) in [6.07, 6.45) is -1.55. The Morgan fingerprint density at radius 2 is 1.78 bits per heavy atom. The second-order valence-electron chi connectivity index (χ2n) is 4.11. The van der Waals surface area contributed by atoms with Gasteiger partial charge in [0.25, 0.3) is 0 Å². The molecule has 18 heavy (non-hydrogen) atoms. The van der Waals surface area contributed by atoms with E-state index in [1.807, 2.05) is 0 Å².